The quantitative estimate of drug-likeness (QED) is 0.231. The van der Waals surface area contributed by atoms with Gasteiger partial charge in [-0.2, -0.15) is 13.2 Å². The fraction of sp³-hybridized carbons (Fsp3) is 0.550. The number of para-hydroxylation sites is 1. The van der Waals surface area contributed by atoms with Crippen molar-refractivity contribution < 1.29 is 13.2 Å². The number of aromatic nitrogens is 1. The topological polar surface area (TPSA) is 52.2 Å². The highest BCUT2D eigenvalue weighted by molar-refractivity contribution is 14.0. The van der Waals surface area contributed by atoms with E-state index >= 15 is 0 Å². The van der Waals surface area contributed by atoms with Crippen LogP contribution in [-0.2, 0) is 6.42 Å². The van der Waals surface area contributed by atoms with Crippen molar-refractivity contribution in [2.75, 3.05) is 13.6 Å². The lowest BCUT2D eigenvalue weighted by Gasteiger charge is -2.31. The Balaban J connectivity index is 0.00000280. The summed E-state index contributed by atoms with van der Waals surface area (Å²) in [4.78, 5) is 7.43. The first kappa shape index (κ1) is 22.8. The molecule has 3 N–H and O–H groups in total. The summed E-state index contributed by atoms with van der Waals surface area (Å²) in [5, 5.41) is 7.63. The van der Waals surface area contributed by atoms with E-state index in [2.05, 4.69) is 32.7 Å². The second-order valence-corrected chi connectivity index (χ2v) is 7.21. The van der Waals surface area contributed by atoms with E-state index in [1.165, 1.54) is 10.9 Å². The first-order valence-electron chi connectivity index (χ1n) is 9.56. The maximum atomic E-state index is 13.0. The third-order valence-electron chi connectivity index (χ3n) is 5.29. The van der Waals surface area contributed by atoms with E-state index in [0.29, 0.717) is 18.9 Å². The van der Waals surface area contributed by atoms with Gasteiger partial charge in [0.2, 0.25) is 0 Å². The largest absolute Gasteiger partial charge is 0.391 e. The predicted octanol–water partition coefficient (Wildman–Crippen LogP) is 5.00. The van der Waals surface area contributed by atoms with Crippen LogP contribution >= 0.6 is 24.0 Å². The van der Waals surface area contributed by atoms with Crippen molar-refractivity contribution >= 4 is 40.8 Å². The van der Waals surface area contributed by atoms with Crippen molar-refractivity contribution in [1.82, 2.24) is 15.6 Å². The van der Waals surface area contributed by atoms with E-state index in [1.54, 1.807) is 7.05 Å². The molecule has 4 nitrogen and oxygen atoms in total. The highest BCUT2D eigenvalue weighted by Crippen LogP contribution is 2.37. The molecule has 0 amide bonds. The monoisotopic (exact) mass is 508 g/mol. The number of rotatable bonds is 5. The first-order valence-corrected chi connectivity index (χ1v) is 9.56. The van der Waals surface area contributed by atoms with Crippen LogP contribution in [0.4, 0.5) is 13.2 Å². The number of nitrogens with one attached hydrogen (secondary N) is 3. The SMILES string of the molecule is CN=C(NCCCc1c[nH]c2ccccc12)NC1CCCC(C(F)(F)F)C1.I. The number of aromatic amines is 1. The number of H-pyrrole nitrogens is 1. The normalized spacial score (nSPS) is 20.6. The lowest BCUT2D eigenvalue weighted by Crippen LogP contribution is -2.47. The molecule has 1 saturated carbocycles. The first-order chi connectivity index (χ1) is 13.0. The summed E-state index contributed by atoms with van der Waals surface area (Å²) in [5.41, 5.74) is 2.41. The van der Waals surface area contributed by atoms with E-state index in [0.717, 1.165) is 24.8 Å². The van der Waals surface area contributed by atoms with Crippen molar-refractivity contribution in [2.24, 2.45) is 10.9 Å². The third kappa shape index (κ3) is 6.02. The van der Waals surface area contributed by atoms with Gasteiger partial charge in [0.25, 0.3) is 0 Å². The van der Waals surface area contributed by atoms with Gasteiger partial charge in [0.15, 0.2) is 5.96 Å². The molecule has 1 fully saturated rings. The Labute approximate surface area is 180 Å². The van der Waals surface area contributed by atoms with Gasteiger partial charge >= 0.3 is 6.18 Å². The number of benzene rings is 1. The zero-order valence-electron chi connectivity index (χ0n) is 16.0. The van der Waals surface area contributed by atoms with Crippen molar-refractivity contribution in [3.05, 3.63) is 36.0 Å². The minimum atomic E-state index is -4.10. The average molecular weight is 508 g/mol. The second kappa shape index (κ2) is 10.4. The number of aryl methyl sites for hydroxylation is 1. The number of guanidine groups is 1. The Morgan fingerprint density at radius 1 is 1.25 bits per heavy atom. The molecule has 2 atom stereocenters. The molecule has 2 aromatic rings. The summed E-state index contributed by atoms with van der Waals surface area (Å²) >= 11 is 0. The fourth-order valence-corrected chi connectivity index (χ4v) is 3.83. The molecule has 1 aliphatic carbocycles. The zero-order chi connectivity index (χ0) is 19.3. The molecule has 3 rings (SSSR count). The Bertz CT molecular complexity index is 772. The zero-order valence-corrected chi connectivity index (χ0v) is 18.3. The minimum Gasteiger partial charge on any atom is -0.361 e. The van der Waals surface area contributed by atoms with Gasteiger partial charge in [-0.05, 0) is 43.7 Å². The van der Waals surface area contributed by atoms with Crippen LogP contribution in [-0.4, -0.2) is 36.8 Å². The van der Waals surface area contributed by atoms with E-state index in [1.807, 2.05) is 18.3 Å². The Kier molecular flexibility index (Phi) is 8.45. The number of halogens is 4. The molecular weight excluding hydrogens is 480 g/mol. The molecule has 0 spiro atoms. The molecular formula is C20H28F3IN4. The van der Waals surface area contributed by atoms with Crippen molar-refractivity contribution in [2.45, 2.75) is 50.7 Å². The number of nitrogens with zero attached hydrogens (tertiary/aromatic N) is 1. The molecule has 8 heteroatoms. The van der Waals surface area contributed by atoms with Crippen LogP contribution in [0, 0.1) is 5.92 Å². The van der Waals surface area contributed by atoms with Crippen LogP contribution in [0.15, 0.2) is 35.5 Å². The van der Waals surface area contributed by atoms with Crippen LogP contribution in [0.2, 0.25) is 0 Å². The standard InChI is InChI=1S/C20H27F3N4.HI/c1-24-19(27-16-8-4-7-15(12-16)20(21,22)23)25-11-5-6-14-13-26-18-10-3-2-9-17(14)18;/h2-3,9-10,13,15-16,26H,4-8,11-12H2,1H3,(H2,24,25,27);1H. The number of fused-ring (bicyclic) bond motifs is 1. The van der Waals surface area contributed by atoms with Crippen molar-refractivity contribution in [1.29, 1.82) is 0 Å². The van der Waals surface area contributed by atoms with Crippen LogP contribution in [0.5, 0.6) is 0 Å². The number of hydrogen-bond donors (Lipinski definition) is 3. The molecule has 1 aromatic carbocycles. The fourth-order valence-electron chi connectivity index (χ4n) is 3.83. The van der Waals surface area contributed by atoms with Crippen LogP contribution in [0.1, 0.15) is 37.7 Å². The van der Waals surface area contributed by atoms with Gasteiger partial charge in [-0.1, -0.05) is 24.6 Å². The summed E-state index contributed by atoms with van der Waals surface area (Å²) in [6.07, 6.45) is 1.49. The van der Waals surface area contributed by atoms with Gasteiger partial charge < -0.3 is 15.6 Å². The van der Waals surface area contributed by atoms with E-state index in [-0.39, 0.29) is 42.9 Å². The van der Waals surface area contributed by atoms with Gasteiger partial charge in [-0.25, -0.2) is 0 Å². The molecule has 0 bridgehead atoms. The smallest absolute Gasteiger partial charge is 0.361 e. The van der Waals surface area contributed by atoms with Crippen LogP contribution < -0.4 is 10.6 Å². The molecule has 0 saturated heterocycles. The lowest BCUT2D eigenvalue weighted by molar-refractivity contribution is -0.183. The minimum absolute atomic E-state index is 0. The van der Waals surface area contributed by atoms with Gasteiger partial charge in [-0.15, -0.1) is 24.0 Å². The number of aliphatic imine (C=N–C) groups is 1. The summed E-state index contributed by atoms with van der Waals surface area (Å²) in [7, 11) is 1.65. The predicted molar refractivity (Wildman–Crippen MR) is 118 cm³/mol. The molecule has 1 aliphatic rings. The molecule has 0 radical (unpaired) electrons. The van der Waals surface area contributed by atoms with Crippen LogP contribution in [0.3, 0.4) is 0 Å². The van der Waals surface area contributed by atoms with Gasteiger partial charge in [-0.3, -0.25) is 4.99 Å². The molecule has 0 aliphatic heterocycles. The summed E-state index contributed by atoms with van der Waals surface area (Å²) in [6.45, 7) is 0.717. The highest BCUT2D eigenvalue weighted by atomic mass is 127. The number of hydrogen-bond acceptors (Lipinski definition) is 1. The maximum absolute atomic E-state index is 13.0. The van der Waals surface area contributed by atoms with E-state index in [9.17, 15) is 13.2 Å². The highest BCUT2D eigenvalue weighted by Gasteiger charge is 2.42. The Hall–Kier alpha value is -1.45. The Morgan fingerprint density at radius 3 is 2.79 bits per heavy atom. The van der Waals surface area contributed by atoms with E-state index in [4.69, 9.17) is 0 Å². The molecule has 2 unspecified atom stereocenters. The number of alkyl halides is 3. The average Bonchev–Trinajstić information content (AvgIpc) is 3.07. The second-order valence-electron chi connectivity index (χ2n) is 7.21. The van der Waals surface area contributed by atoms with Gasteiger partial charge in [0.05, 0.1) is 5.92 Å². The summed E-state index contributed by atoms with van der Waals surface area (Å²) in [6, 6.07) is 8.03. The van der Waals surface area contributed by atoms with Crippen molar-refractivity contribution in [3.63, 3.8) is 0 Å². The maximum Gasteiger partial charge on any atom is 0.391 e. The van der Waals surface area contributed by atoms with Crippen molar-refractivity contribution in [3.8, 4) is 0 Å². The Morgan fingerprint density at radius 2 is 2.04 bits per heavy atom. The lowest BCUT2D eigenvalue weighted by atomic mass is 9.85. The third-order valence-corrected chi connectivity index (χ3v) is 5.29. The molecule has 28 heavy (non-hydrogen) atoms. The van der Waals surface area contributed by atoms with Gasteiger partial charge in [0.1, 0.15) is 0 Å². The van der Waals surface area contributed by atoms with Crippen LogP contribution in [0.25, 0.3) is 10.9 Å². The molecule has 1 heterocycles. The molecule has 156 valence electrons. The van der Waals surface area contributed by atoms with E-state index < -0.39 is 12.1 Å². The molecule has 1 aromatic heterocycles. The summed E-state index contributed by atoms with van der Waals surface area (Å²) < 4.78 is 38.9. The van der Waals surface area contributed by atoms with Gasteiger partial charge in [0, 0.05) is 36.7 Å². The summed E-state index contributed by atoms with van der Waals surface area (Å²) in [5.74, 6) is -0.620.